The molecule has 2 amide bonds. The zero-order valence-corrected chi connectivity index (χ0v) is 16.9. The Balaban J connectivity index is 1.82. The van der Waals surface area contributed by atoms with Crippen LogP contribution in [0.3, 0.4) is 0 Å². The van der Waals surface area contributed by atoms with E-state index in [2.05, 4.69) is 24.7 Å². The van der Waals surface area contributed by atoms with Crippen molar-refractivity contribution in [2.24, 2.45) is 5.92 Å². The van der Waals surface area contributed by atoms with Crippen molar-refractivity contribution in [1.29, 1.82) is 0 Å². The van der Waals surface area contributed by atoms with Gasteiger partial charge in [0.15, 0.2) is 6.61 Å². The average Bonchev–Trinajstić information content (AvgIpc) is 2.65. The van der Waals surface area contributed by atoms with Crippen LogP contribution in [0.2, 0.25) is 0 Å². The lowest BCUT2D eigenvalue weighted by Gasteiger charge is -2.13. The first kappa shape index (κ1) is 21.3. The first-order valence-corrected chi connectivity index (χ1v) is 9.38. The molecule has 0 bridgehead atoms. The lowest BCUT2D eigenvalue weighted by Crippen LogP contribution is -2.43. The second-order valence-corrected chi connectivity index (χ2v) is 7.07. The molecule has 0 unspecified atom stereocenters. The van der Waals surface area contributed by atoms with E-state index in [4.69, 9.17) is 9.47 Å². The van der Waals surface area contributed by atoms with Gasteiger partial charge in [-0.15, -0.1) is 0 Å². The SMILES string of the molecule is Cc1cccc(C)c1OCC(=O)NNC(=O)c1cccc(OCCC(C)C)c1. The largest absolute Gasteiger partial charge is 0.494 e. The van der Waals surface area contributed by atoms with Gasteiger partial charge in [0.2, 0.25) is 0 Å². The molecule has 2 N–H and O–H groups in total. The number of ether oxygens (including phenoxy) is 2. The highest BCUT2D eigenvalue weighted by Crippen LogP contribution is 2.22. The molecule has 0 radical (unpaired) electrons. The number of nitrogens with one attached hydrogen (secondary N) is 2. The number of carbonyl (C=O) groups is 2. The molecule has 0 aromatic heterocycles. The van der Waals surface area contributed by atoms with Gasteiger partial charge in [0, 0.05) is 5.56 Å². The predicted molar refractivity (Wildman–Crippen MR) is 108 cm³/mol. The number of hydrogen-bond donors (Lipinski definition) is 2. The van der Waals surface area contributed by atoms with Crippen molar-refractivity contribution in [3.63, 3.8) is 0 Å². The quantitative estimate of drug-likeness (QED) is 0.682. The molecule has 0 atom stereocenters. The summed E-state index contributed by atoms with van der Waals surface area (Å²) in [6.45, 7) is 8.48. The number of benzene rings is 2. The van der Waals surface area contributed by atoms with Gasteiger partial charge in [-0.05, 0) is 55.5 Å². The molecule has 150 valence electrons. The summed E-state index contributed by atoms with van der Waals surface area (Å²) in [6.07, 6.45) is 0.937. The number of rotatable bonds is 8. The Hall–Kier alpha value is -3.02. The standard InChI is InChI=1S/C22H28N2O4/c1-15(2)11-12-27-19-10-6-9-18(13-19)22(26)24-23-20(25)14-28-21-16(3)7-5-8-17(21)4/h5-10,13,15H,11-12,14H2,1-4H3,(H,23,25)(H,24,26). The van der Waals surface area contributed by atoms with Gasteiger partial charge in [-0.3, -0.25) is 20.4 Å². The molecule has 6 heteroatoms. The Morgan fingerprint density at radius 2 is 1.64 bits per heavy atom. The fourth-order valence-corrected chi connectivity index (χ4v) is 2.54. The smallest absolute Gasteiger partial charge is 0.276 e. The summed E-state index contributed by atoms with van der Waals surface area (Å²) in [4.78, 5) is 24.2. The maximum atomic E-state index is 12.2. The van der Waals surface area contributed by atoms with E-state index in [1.165, 1.54) is 0 Å². The van der Waals surface area contributed by atoms with Gasteiger partial charge >= 0.3 is 0 Å². The fourth-order valence-electron chi connectivity index (χ4n) is 2.54. The summed E-state index contributed by atoms with van der Waals surface area (Å²) >= 11 is 0. The first-order valence-electron chi connectivity index (χ1n) is 9.38. The molecule has 2 aromatic carbocycles. The normalized spacial score (nSPS) is 10.5. The van der Waals surface area contributed by atoms with Crippen molar-refractivity contribution < 1.29 is 19.1 Å². The molecule has 28 heavy (non-hydrogen) atoms. The highest BCUT2D eigenvalue weighted by atomic mass is 16.5. The van der Waals surface area contributed by atoms with Gasteiger partial charge in [0.25, 0.3) is 11.8 Å². The van der Waals surface area contributed by atoms with Crippen LogP contribution in [0.5, 0.6) is 11.5 Å². The van der Waals surface area contributed by atoms with Crippen LogP contribution in [-0.2, 0) is 4.79 Å². The third-order valence-electron chi connectivity index (χ3n) is 4.13. The summed E-state index contributed by atoms with van der Waals surface area (Å²) in [7, 11) is 0. The van der Waals surface area contributed by atoms with Gasteiger partial charge in [0.05, 0.1) is 6.61 Å². The van der Waals surface area contributed by atoms with Crippen LogP contribution in [0.4, 0.5) is 0 Å². The minimum Gasteiger partial charge on any atom is -0.494 e. The van der Waals surface area contributed by atoms with Crippen molar-refractivity contribution in [2.75, 3.05) is 13.2 Å². The molecule has 0 saturated carbocycles. The number of carbonyl (C=O) groups excluding carboxylic acids is 2. The third kappa shape index (κ3) is 6.61. The van der Waals surface area contributed by atoms with E-state index < -0.39 is 11.8 Å². The van der Waals surface area contributed by atoms with E-state index in [1.54, 1.807) is 24.3 Å². The number of amides is 2. The number of aryl methyl sites for hydroxylation is 2. The minimum atomic E-state index is -0.444. The van der Waals surface area contributed by atoms with Crippen LogP contribution in [0.25, 0.3) is 0 Å². The minimum absolute atomic E-state index is 0.190. The summed E-state index contributed by atoms with van der Waals surface area (Å²) in [5.41, 5.74) is 7.06. The van der Waals surface area contributed by atoms with E-state index in [-0.39, 0.29) is 6.61 Å². The van der Waals surface area contributed by atoms with E-state index >= 15 is 0 Å². The van der Waals surface area contributed by atoms with Crippen molar-refractivity contribution in [3.8, 4) is 11.5 Å². The highest BCUT2D eigenvalue weighted by molar-refractivity contribution is 5.95. The summed E-state index contributed by atoms with van der Waals surface area (Å²) < 4.78 is 11.2. The number of para-hydroxylation sites is 1. The van der Waals surface area contributed by atoms with Crippen LogP contribution in [0, 0.1) is 19.8 Å². The fraction of sp³-hybridized carbons (Fsp3) is 0.364. The molecule has 0 heterocycles. The van der Waals surface area contributed by atoms with Crippen LogP contribution >= 0.6 is 0 Å². The topological polar surface area (TPSA) is 76.7 Å². The zero-order valence-electron chi connectivity index (χ0n) is 16.9. The molecule has 0 saturated heterocycles. The van der Waals surface area contributed by atoms with Crippen molar-refractivity contribution in [3.05, 3.63) is 59.2 Å². The van der Waals surface area contributed by atoms with Crippen LogP contribution in [-0.4, -0.2) is 25.0 Å². The maximum absolute atomic E-state index is 12.2. The van der Waals surface area contributed by atoms with Crippen LogP contribution in [0.15, 0.2) is 42.5 Å². The number of hydrazine groups is 1. The second-order valence-electron chi connectivity index (χ2n) is 7.07. The molecule has 0 spiro atoms. The van der Waals surface area contributed by atoms with E-state index in [0.29, 0.717) is 29.6 Å². The Bertz CT molecular complexity index is 798. The molecular formula is C22H28N2O4. The van der Waals surface area contributed by atoms with Gasteiger partial charge in [0.1, 0.15) is 11.5 Å². The van der Waals surface area contributed by atoms with Gasteiger partial charge in [-0.1, -0.05) is 38.1 Å². The van der Waals surface area contributed by atoms with Crippen molar-refractivity contribution in [2.45, 2.75) is 34.1 Å². The molecular weight excluding hydrogens is 356 g/mol. The molecule has 2 rings (SSSR count). The van der Waals surface area contributed by atoms with E-state index in [0.717, 1.165) is 17.5 Å². The highest BCUT2D eigenvalue weighted by Gasteiger charge is 2.10. The van der Waals surface area contributed by atoms with Crippen LogP contribution in [0.1, 0.15) is 41.8 Å². The molecule has 0 aliphatic carbocycles. The first-order chi connectivity index (χ1) is 13.4. The van der Waals surface area contributed by atoms with Crippen LogP contribution < -0.4 is 20.3 Å². The van der Waals surface area contributed by atoms with Crippen molar-refractivity contribution >= 4 is 11.8 Å². The lowest BCUT2D eigenvalue weighted by molar-refractivity contribution is -0.123. The number of hydrogen-bond acceptors (Lipinski definition) is 4. The Morgan fingerprint density at radius 1 is 0.964 bits per heavy atom. The van der Waals surface area contributed by atoms with E-state index in [1.807, 2.05) is 32.0 Å². The molecule has 0 fully saturated rings. The second kappa shape index (κ2) is 10.3. The maximum Gasteiger partial charge on any atom is 0.276 e. The monoisotopic (exact) mass is 384 g/mol. The Labute approximate surface area is 166 Å². The molecule has 0 aliphatic rings. The van der Waals surface area contributed by atoms with Gasteiger partial charge in [-0.25, -0.2) is 0 Å². The van der Waals surface area contributed by atoms with Crippen molar-refractivity contribution in [1.82, 2.24) is 10.9 Å². The molecule has 0 aliphatic heterocycles. The summed E-state index contributed by atoms with van der Waals surface area (Å²) in [5, 5.41) is 0. The summed E-state index contributed by atoms with van der Waals surface area (Å²) in [6, 6.07) is 12.6. The predicted octanol–water partition coefficient (Wildman–Crippen LogP) is 3.57. The molecule has 2 aromatic rings. The molecule has 6 nitrogen and oxygen atoms in total. The Morgan fingerprint density at radius 3 is 2.32 bits per heavy atom. The van der Waals surface area contributed by atoms with Gasteiger partial charge < -0.3 is 9.47 Å². The Kier molecular flexibility index (Phi) is 7.87. The zero-order chi connectivity index (χ0) is 20.5. The lowest BCUT2D eigenvalue weighted by atomic mass is 10.1. The van der Waals surface area contributed by atoms with Gasteiger partial charge in [-0.2, -0.15) is 0 Å². The van der Waals surface area contributed by atoms with E-state index in [9.17, 15) is 9.59 Å². The average molecular weight is 384 g/mol. The summed E-state index contributed by atoms with van der Waals surface area (Å²) in [5.74, 6) is 0.982. The third-order valence-corrected chi connectivity index (χ3v) is 4.13.